The fourth-order valence-electron chi connectivity index (χ4n) is 10.0. The van der Waals surface area contributed by atoms with E-state index >= 15 is 0 Å². The monoisotopic (exact) mass is 1110 g/mol. The molecule has 20 heteroatoms. The molecule has 0 saturated carbocycles. The number of fused-ring (bicyclic) bond motifs is 8. The van der Waals surface area contributed by atoms with E-state index in [0.29, 0.717) is 94.5 Å². The molecule has 4 aliphatic rings. The van der Waals surface area contributed by atoms with Crippen molar-refractivity contribution in [3.8, 4) is 23.0 Å². The first-order chi connectivity index (χ1) is 37.9. The second-order valence-electron chi connectivity index (χ2n) is 20.8. The molecule has 5 atom stereocenters. The highest BCUT2D eigenvalue weighted by atomic mass is 33.1. The first-order valence-corrected chi connectivity index (χ1v) is 28.6. The summed E-state index contributed by atoms with van der Waals surface area (Å²) in [6, 6.07) is 25.6. The minimum atomic E-state index is -1.02. The van der Waals surface area contributed by atoms with Crippen molar-refractivity contribution in [2.24, 2.45) is 10.7 Å². The molecule has 79 heavy (non-hydrogen) atoms. The van der Waals surface area contributed by atoms with Gasteiger partial charge in [0, 0.05) is 71.2 Å². The molecule has 4 aliphatic heterocycles. The van der Waals surface area contributed by atoms with Gasteiger partial charge >= 0.3 is 0 Å². The molecule has 1 unspecified atom stereocenters. The Balaban J connectivity index is 0.899. The van der Waals surface area contributed by atoms with Gasteiger partial charge in [0.05, 0.1) is 48.8 Å². The largest absolute Gasteiger partial charge is 0.493 e. The number of aliphatic imine (C=N–C) groups is 1. The lowest BCUT2D eigenvalue weighted by molar-refractivity contribution is -0.130. The number of carbonyl (C=O) groups is 6. The van der Waals surface area contributed by atoms with E-state index in [2.05, 4.69) is 21.3 Å². The highest BCUT2D eigenvalue weighted by Crippen LogP contribution is 2.44. The molecule has 5 aromatic carbocycles. The van der Waals surface area contributed by atoms with Crippen LogP contribution in [0.4, 0.5) is 28.4 Å². The number of benzene rings is 5. The van der Waals surface area contributed by atoms with E-state index in [0.717, 1.165) is 28.9 Å². The maximum atomic E-state index is 14.1. The van der Waals surface area contributed by atoms with E-state index in [1.807, 2.05) is 80.3 Å². The van der Waals surface area contributed by atoms with Crippen molar-refractivity contribution >= 4 is 91.7 Å². The predicted octanol–water partition coefficient (Wildman–Crippen LogP) is 8.69. The number of nitrogens with zero attached hydrogens (tertiary/aromatic N) is 3. The predicted molar refractivity (Wildman–Crippen MR) is 309 cm³/mol. The van der Waals surface area contributed by atoms with E-state index < -0.39 is 23.9 Å². The van der Waals surface area contributed by atoms with Gasteiger partial charge < -0.3 is 50.8 Å². The maximum absolute atomic E-state index is 14.1. The zero-order valence-electron chi connectivity index (χ0n) is 45.3. The Hall–Kier alpha value is -7.71. The van der Waals surface area contributed by atoms with Crippen molar-refractivity contribution < 1.29 is 47.7 Å². The third-order valence-electron chi connectivity index (χ3n) is 14.3. The van der Waals surface area contributed by atoms with E-state index in [1.54, 1.807) is 82.9 Å². The summed E-state index contributed by atoms with van der Waals surface area (Å²) in [5, 5.41) is 12.1. The van der Waals surface area contributed by atoms with Crippen molar-refractivity contribution in [1.82, 2.24) is 10.6 Å². The quantitative estimate of drug-likeness (QED) is 0.0409. The summed E-state index contributed by atoms with van der Waals surface area (Å²) in [7, 11) is 6.31. The van der Waals surface area contributed by atoms with Crippen molar-refractivity contribution in [3.05, 3.63) is 124 Å². The minimum absolute atomic E-state index is 0.00396. The van der Waals surface area contributed by atoms with Gasteiger partial charge in [0.2, 0.25) is 23.6 Å². The molecule has 0 saturated heterocycles. The van der Waals surface area contributed by atoms with Crippen molar-refractivity contribution in [1.29, 1.82) is 0 Å². The van der Waals surface area contributed by atoms with E-state index in [9.17, 15) is 28.8 Å². The van der Waals surface area contributed by atoms with E-state index in [-0.39, 0.29) is 65.3 Å². The normalized spacial score (nSPS) is 16.9. The highest BCUT2D eigenvalue weighted by Gasteiger charge is 2.39. The zero-order chi connectivity index (χ0) is 56.1. The molecule has 18 nitrogen and oxygen atoms in total. The van der Waals surface area contributed by atoms with Crippen molar-refractivity contribution in [3.63, 3.8) is 0 Å². The second kappa shape index (κ2) is 24.1. The summed E-state index contributed by atoms with van der Waals surface area (Å²) < 4.78 is 24.2. The molecule has 0 aliphatic carbocycles. The Kier molecular flexibility index (Phi) is 17.1. The van der Waals surface area contributed by atoms with Crippen LogP contribution in [0.15, 0.2) is 96.0 Å². The van der Waals surface area contributed by atoms with Crippen molar-refractivity contribution in [2.45, 2.75) is 121 Å². The Morgan fingerprint density at radius 2 is 1.35 bits per heavy atom. The van der Waals surface area contributed by atoms with Gasteiger partial charge in [-0.05, 0) is 112 Å². The molecule has 0 spiro atoms. The van der Waals surface area contributed by atoms with Gasteiger partial charge in [0.1, 0.15) is 25.3 Å². The highest BCUT2D eigenvalue weighted by molar-refractivity contribution is 8.77. The number of nitrogens with one attached hydrogen (secondary N) is 4. The third-order valence-corrected chi connectivity index (χ3v) is 18.2. The Labute approximate surface area is 467 Å². The SMILES string of the molecule is COc1cc2c(cc1OCc1cc(COc3cc4c(cc3OC)C(=O)N3c5ccccc5C[C@H]3CN4)cc(NC(=O)[C@H](C)NC(=O)[C@H](C)NC(=O)CCC(C)(C)SSC(C)CCC(N)=O)c1)N=C[C@@H]1Cc3ccccc3N1C2=O. The smallest absolute Gasteiger partial charge is 0.261 e. The third kappa shape index (κ3) is 12.9. The van der Waals surface area contributed by atoms with Crippen LogP contribution in [0.2, 0.25) is 0 Å². The van der Waals surface area contributed by atoms with Crippen LogP contribution in [0.3, 0.4) is 0 Å². The Morgan fingerprint density at radius 3 is 2.03 bits per heavy atom. The summed E-state index contributed by atoms with van der Waals surface area (Å²) in [4.78, 5) is 88.1. The van der Waals surface area contributed by atoms with Gasteiger partial charge in [0.15, 0.2) is 23.0 Å². The lowest BCUT2D eigenvalue weighted by Crippen LogP contribution is -2.50. The number of methoxy groups -OCH3 is 2. The summed E-state index contributed by atoms with van der Waals surface area (Å²) in [5.74, 6) is -0.641. The number of amides is 6. The first-order valence-electron chi connectivity index (χ1n) is 26.4. The second-order valence-corrected chi connectivity index (χ2v) is 24.2. The molecule has 9 rings (SSSR count). The van der Waals surface area contributed by atoms with Gasteiger partial charge in [-0.3, -0.25) is 38.7 Å². The fraction of sp³-hybridized carbons (Fsp3) is 0.373. The maximum Gasteiger partial charge on any atom is 0.261 e. The van der Waals surface area contributed by atoms with E-state index in [1.165, 1.54) is 14.2 Å². The molecule has 0 radical (unpaired) electrons. The Bertz CT molecular complexity index is 3220. The lowest BCUT2D eigenvalue weighted by Gasteiger charge is -2.25. The fourth-order valence-corrected chi connectivity index (χ4v) is 12.7. The minimum Gasteiger partial charge on any atom is -0.493 e. The van der Waals surface area contributed by atoms with Crippen LogP contribution in [0.5, 0.6) is 23.0 Å². The van der Waals surface area contributed by atoms with Gasteiger partial charge in [-0.25, -0.2) is 0 Å². The average molecular weight is 1110 g/mol. The van der Waals surface area contributed by atoms with Crippen LogP contribution < -0.4 is 55.7 Å². The summed E-state index contributed by atoms with van der Waals surface area (Å²) in [5.41, 5.74) is 12.7. The van der Waals surface area contributed by atoms with Gasteiger partial charge in [-0.1, -0.05) is 64.9 Å². The standard InChI is InChI=1S/C59H66N8O10S2/c1-33(16-17-53(60)68)78-79-59(4,5)19-18-54(69)63-34(2)55(70)64-35(3)56(71)65-40-21-36(31-76-51-27-45-43(25-49(51)74-6)57(72)66-41(29-61-45)23-38-12-8-10-14-47(38)66)20-37(22-40)32-77-52-28-46-44(26-50(52)75-7)58(73)67-42(30-62-46)24-39-13-9-11-15-48(39)67/h8-15,20-22,25-29,33-35,41-42,62H,16-19,23-24,30-32H2,1-7H3,(H2,60,68)(H,63,69)(H,64,70)(H,65,71)/t33?,34-,35-,41-,42-/m0/s1. The summed E-state index contributed by atoms with van der Waals surface area (Å²) in [6.07, 6.45) is 4.88. The number of carbonyl (C=O) groups excluding carboxylic acids is 6. The molecule has 0 fully saturated rings. The van der Waals surface area contributed by atoms with Gasteiger partial charge in [-0.2, -0.15) is 0 Å². The first kappa shape index (κ1) is 56.0. The number of nitrogens with two attached hydrogens (primary N) is 1. The van der Waals surface area contributed by atoms with Crippen LogP contribution >= 0.6 is 21.6 Å². The molecular formula is C59H66N8O10S2. The molecule has 6 amide bonds. The van der Waals surface area contributed by atoms with Gasteiger partial charge in [0.25, 0.3) is 11.8 Å². The molecule has 0 aromatic heterocycles. The molecule has 4 heterocycles. The number of hydrogen-bond acceptors (Lipinski definition) is 14. The number of primary amides is 1. The average Bonchev–Trinajstić information content (AvgIpc) is 4.20. The van der Waals surface area contributed by atoms with Crippen LogP contribution in [-0.2, 0) is 45.2 Å². The van der Waals surface area contributed by atoms with Crippen LogP contribution in [0.1, 0.15) is 103 Å². The Morgan fingerprint density at radius 1 is 0.747 bits per heavy atom. The number of hydrogen-bond donors (Lipinski definition) is 5. The number of anilines is 4. The summed E-state index contributed by atoms with van der Waals surface area (Å²) >= 11 is 0. The summed E-state index contributed by atoms with van der Waals surface area (Å²) in [6.45, 7) is 9.73. The lowest BCUT2D eigenvalue weighted by atomic mass is 10.1. The topological polar surface area (TPSA) is 232 Å². The molecule has 414 valence electrons. The number of para-hydroxylation sites is 2. The molecule has 5 aromatic rings. The number of ether oxygens (including phenoxy) is 4. The zero-order valence-corrected chi connectivity index (χ0v) is 46.9. The molecule has 0 bridgehead atoms. The van der Waals surface area contributed by atoms with E-state index in [4.69, 9.17) is 29.7 Å². The van der Waals surface area contributed by atoms with Crippen LogP contribution in [0, 0.1) is 0 Å². The van der Waals surface area contributed by atoms with Gasteiger partial charge in [-0.15, -0.1) is 0 Å². The molecule has 6 N–H and O–H groups in total. The van der Waals surface area contributed by atoms with Crippen LogP contribution in [0.25, 0.3) is 0 Å². The van der Waals surface area contributed by atoms with Crippen molar-refractivity contribution in [2.75, 3.05) is 41.2 Å². The number of rotatable bonds is 22. The molecular weight excluding hydrogens is 1040 g/mol. The van der Waals surface area contributed by atoms with Crippen LogP contribution in [-0.4, -0.2) is 96.6 Å².